The van der Waals surface area contributed by atoms with Crippen LogP contribution in [0.3, 0.4) is 0 Å². The van der Waals surface area contributed by atoms with Crippen LogP contribution in [0.15, 0.2) is 12.2 Å². The van der Waals surface area contributed by atoms with Crippen molar-refractivity contribution < 1.29 is 28.6 Å². The Morgan fingerprint density at radius 3 is 2.48 bits per heavy atom. The third-order valence-electron chi connectivity index (χ3n) is 3.48. The molecular formula is C17H26O6. The van der Waals surface area contributed by atoms with Crippen LogP contribution in [0.2, 0.25) is 0 Å². The van der Waals surface area contributed by atoms with Crippen LogP contribution in [0.5, 0.6) is 0 Å². The highest BCUT2D eigenvalue weighted by Gasteiger charge is 2.21. The molecule has 1 rings (SSSR count). The molecule has 0 atom stereocenters. The molecule has 0 saturated heterocycles. The van der Waals surface area contributed by atoms with Gasteiger partial charge in [0.15, 0.2) is 5.78 Å². The second-order valence-corrected chi connectivity index (χ2v) is 5.65. The minimum absolute atomic E-state index is 0.00281. The molecule has 0 aliphatic heterocycles. The van der Waals surface area contributed by atoms with Gasteiger partial charge < -0.3 is 14.2 Å². The topological polar surface area (TPSA) is 78.9 Å². The minimum Gasteiger partial charge on any atom is -0.462 e. The normalized spacial score (nSPS) is 14.5. The van der Waals surface area contributed by atoms with Crippen LogP contribution in [0.1, 0.15) is 51.9 Å². The van der Waals surface area contributed by atoms with Crippen molar-refractivity contribution in [3.05, 3.63) is 12.2 Å². The van der Waals surface area contributed by atoms with E-state index in [-0.39, 0.29) is 36.9 Å². The monoisotopic (exact) mass is 326 g/mol. The summed E-state index contributed by atoms with van der Waals surface area (Å²) in [6, 6.07) is 0. The smallest absolute Gasteiger partial charge is 0.334 e. The van der Waals surface area contributed by atoms with Crippen molar-refractivity contribution in [3.8, 4) is 0 Å². The zero-order valence-electron chi connectivity index (χ0n) is 13.8. The van der Waals surface area contributed by atoms with Crippen molar-refractivity contribution in [1.29, 1.82) is 0 Å². The van der Waals surface area contributed by atoms with E-state index >= 15 is 0 Å². The van der Waals surface area contributed by atoms with E-state index in [0.29, 0.717) is 13.2 Å². The van der Waals surface area contributed by atoms with E-state index in [4.69, 9.17) is 14.2 Å². The quantitative estimate of drug-likeness (QED) is 0.329. The number of carbonyl (C=O) groups is 3. The number of rotatable bonds is 11. The zero-order valence-corrected chi connectivity index (χ0v) is 13.8. The van der Waals surface area contributed by atoms with Gasteiger partial charge in [-0.15, -0.1) is 0 Å². The highest BCUT2D eigenvalue weighted by molar-refractivity contribution is 5.94. The lowest BCUT2D eigenvalue weighted by Gasteiger charge is -2.12. The predicted octanol–water partition coefficient (Wildman–Crippen LogP) is 2.35. The maximum Gasteiger partial charge on any atom is 0.334 e. The molecule has 0 bridgehead atoms. The summed E-state index contributed by atoms with van der Waals surface area (Å²) in [5.74, 6) is -1.44. The number of hydrogen-bond donors (Lipinski definition) is 0. The number of carbonyl (C=O) groups excluding carboxylic acids is 3. The molecule has 6 nitrogen and oxygen atoms in total. The Labute approximate surface area is 137 Å². The van der Waals surface area contributed by atoms with Crippen LogP contribution in [0, 0.1) is 0 Å². The average molecular weight is 326 g/mol. The predicted molar refractivity (Wildman–Crippen MR) is 83.8 cm³/mol. The van der Waals surface area contributed by atoms with Crippen LogP contribution in [-0.4, -0.2) is 43.6 Å². The molecule has 1 aliphatic rings. The zero-order chi connectivity index (χ0) is 17.1. The second-order valence-electron chi connectivity index (χ2n) is 5.65. The molecule has 0 unspecified atom stereocenters. The van der Waals surface area contributed by atoms with E-state index in [1.165, 1.54) is 0 Å². The number of Topliss-reactive ketones (excluding diaryl/α,β-unsaturated/α-hetero) is 1. The molecule has 0 spiro atoms. The summed E-state index contributed by atoms with van der Waals surface area (Å²) in [6.45, 7) is 6.10. The molecule has 0 heterocycles. The fourth-order valence-electron chi connectivity index (χ4n) is 2.23. The summed E-state index contributed by atoms with van der Waals surface area (Å²) in [5, 5.41) is 0. The van der Waals surface area contributed by atoms with Gasteiger partial charge in [0.2, 0.25) is 0 Å². The molecule has 0 aromatic heterocycles. The fourth-order valence-corrected chi connectivity index (χ4v) is 2.23. The summed E-state index contributed by atoms with van der Waals surface area (Å²) in [7, 11) is 0. The molecule has 1 fully saturated rings. The van der Waals surface area contributed by atoms with E-state index in [2.05, 4.69) is 6.58 Å². The van der Waals surface area contributed by atoms with Gasteiger partial charge in [0.25, 0.3) is 0 Å². The Balaban J connectivity index is 2.16. The summed E-state index contributed by atoms with van der Waals surface area (Å²) >= 11 is 0. The fraction of sp³-hybridized carbons (Fsp3) is 0.706. The molecule has 0 aromatic rings. The van der Waals surface area contributed by atoms with E-state index in [1.807, 2.05) is 6.92 Å². The second kappa shape index (κ2) is 10.9. The Bertz CT molecular complexity index is 423. The Morgan fingerprint density at radius 2 is 1.83 bits per heavy atom. The standard InChI is InChI=1S/C17H26O6/c1-3-9-21-10-8-14(18)12-22-17(20)13(2)11-16(19)23-15-6-4-5-7-15/h15H,2-12H2,1H3. The summed E-state index contributed by atoms with van der Waals surface area (Å²) in [6.07, 6.45) is 4.70. The first-order valence-corrected chi connectivity index (χ1v) is 8.16. The van der Waals surface area contributed by atoms with Crippen molar-refractivity contribution in [2.75, 3.05) is 19.8 Å². The summed E-state index contributed by atoms with van der Waals surface area (Å²) < 4.78 is 15.3. The van der Waals surface area contributed by atoms with Gasteiger partial charge in [-0.05, 0) is 32.1 Å². The van der Waals surface area contributed by atoms with E-state index in [1.54, 1.807) is 0 Å². The van der Waals surface area contributed by atoms with Crippen molar-refractivity contribution in [2.24, 2.45) is 0 Å². The van der Waals surface area contributed by atoms with Crippen LogP contribution in [-0.2, 0) is 28.6 Å². The first kappa shape index (κ1) is 19.4. The molecule has 0 N–H and O–H groups in total. The molecule has 1 saturated carbocycles. The minimum atomic E-state index is -0.740. The van der Waals surface area contributed by atoms with Gasteiger partial charge in [0.1, 0.15) is 12.7 Å². The molecule has 0 amide bonds. The molecule has 0 radical (unpaired) electrons. The van der Waals surface area contributed by atoms with Crippen molar-refractivity contribution in [3.63, 3.8) is 0 Å². The number of esters is 2. The van der Waals surface area contributed by atoms with Gasteiger partial charge in [-0.25, -0.2) is 4.79 Å². The molecule has 130 valence electrons. The number of ketones is 1. The Morgan fingerprint density at radius 1 is 1.13 bits per heavy atom. The van der Waals surface area contributed by atoms with Gasteiger partial charge in [-0.2, -0.15) is 0 Å². The lowest BCUT2D eigenvalue weighted by Crippen LogP contribution is -2.20. The summed E-state index contributed by atoms with van der Waals surface area (Å²) in [4.78, 5) is 34.9. The van der Waals surface area contributed by atoms with Crippen molar-refractivity contribution in [2.45, 2.75) is 58.0 Å². The maximum atomic E-state index is 11.7. The van der Waals surface area contributed by atoms with E-state index < -0.39 is 11.9 Å². The Kier molecular flexibility index (Phi) is 9.21. The van der Waals surface area contributed by atoms with Crippen molar-refractivity contribution in [1.82, 2.24) is 0 Å². The Hall–Kier alpha value is -1.69. The van der Waals surface area contributed by atoms with Crippen LogP contribution >= 0.6 is 0 Å². The average Bonchev–Trinajstić information content (AvgIpc) is 3.01. The highest BCUT2D eigenvalue weighted by Crippen LogP contribution is 2.21. The molecule has 1 aliphatic carbocycles. The first-order valence-electron chi connectivity index (χ1n) is 8.16. The third kappa shape index (κ3) is 8.50. The van der Waals surface area contributed by atoms with Gasteiger partial charge in [-0.1, -0.05) is 13.5 Å². The van der Waals surface area contributed by atoms with Gasteiger partial charge in [0, 0.05) is 18.6 Å². The van der Waals surface area contributed by atoms with Crippen LogP contribution < -0.4 is 0 Å². The van der Waals surface area contributed by atoms with Gasteiger partial charge >= 0.3 is 11.9 Å². The third-order valence-corrected chi connectivity index (χ3v) is 3.48. The van der Waals surface area contributed by atoms with Crippen molar-refractivity contribution >= 4 is 17.7 Å². The van der Waals surface area contributed by atoms with Gasteiger partial charge in [0.05, 0.1) is 13.0 Å². The van der Waals surface area contributed by atoms with E-state index in [9.17, 15) is 14.4 Å². The molecule has 23 heavy (non-hydrogen) atoms. The largest absolute Gasteiger partial charge is 0.462 e. The van der Waals surface area contributed by atoms with E-state index in [0.717, 1.165) is 32.1 Å². The maximum absolute atomic E-state index is 11.7. The highest BCUT2D eigenvalue weighted by atomic mass is 16.5. The molecular weight excluding hydrogens is 300 g/mol. The van der Waals surface area contributed by atoms with Crippen LogP contribution in [0.25, 0.3) is 0 Å². The lowest BCUT2D eigenvalue weighted by molar-refractivity contribution is -0.150. The number of ether oxygens (including phenoxy) is 3. The summed E-state index contributed by atoms with van der Waals surface area (Å²) in [5.41, 5.74) is 0.00281. The SMILES string of the molecule is C=C(CC(=O)OC1CCCC1)C(=O)OCC(=O)CCOCCC. The molecule has 6 heteroatoms. The molecule has 0 aromatic carbocycles. The van der Waals surface area contributed by atoms with Crippen LogP contribution in [0.4, 0.5) is 0 Å². The van der Waals surface area contributed by atoms with Gasteiger partial charge in [-0.3, -0.25) is 9.59 Å². The first-order chi connectivity index (χ1) is 11.0. The lowest BCUT2D eigenvalue weighted by atomic mass is 10.2. The number of hydrogen-bond acceptors (Lipinski definition) is 6.